The molecule has 1 aromatic rings. The largest absolute Gasteiger partial charge is 0.372 e. The van der Waals surface area contributed by atoms with Crippen molar-refractivity contribution in [1.82, 2.24) is 9.88 Å². The summed E-state index contributed by atoms with van der Waals surface area (Å²) < 4.78 is 0. The first-order valence-corrected chi connectivity index (χ1v) is 6.93. The lowest BCUT2D eigenvalue weighted by molar-refractivity contribution is 0.346. The Kier molecular flexibility index (Phi) is 4.39. The summed E-state index contributed by atoms with van der Waals surface area (Å²) >= 11 is 0. The zero-order valence-electron chi connectivity index (χ0n) is 12.1. The molecule has 19 heavy (non-hydrogen) atoms. The molecule has 102 valence electrons. The lowest BCUT2D eigenvalue weighted by atomic mass is 10.1. The molecule has 0 unspecified atom stereocenters. The molecular formula is C15H22N4. The Hall–Kier alpha value is -1.60. The highest BCUT2D eigenvalue weighted by atomic mass is 15.2. The Morgan fingerprint density at radius 3 is 2.68 bits per heavy atom. The fraction of sp³-hybridized carbons (Fsp3) is 0.600. The molecule has 1 aromatic heterocycles. The minimum Gasteiger partial charge on any atom is -0.372 e. The molecule has 0 aromatic carbocycles. The molecule has 1 saturated heterocycles. The van der Waals surface area contributed by atoms with E-state index in [9.17, 15) is 5.26 Å². The minimum absolute atomic E-state index is 0.703. The summed E-state index contributed by atoms with van der Waals surface area (Å²) in [7, 11) is 2.06. The van der Waals surface area contributed by atoms with Gasteiger partial charge in [0.1, 0.15) is 6.07 Å². The maximum absolute atomic E-state index is 9.29. The zero-order valence-corrected chi connectivity index (χ0v) is 12.1. The first kappa shape index (κ1) is 13.8. The predicted octanol–water partition coefficient (Wildman–Crippen LogP) is 2.10. The lowest BCUT2D eigenvalue weighted by Gasteiger charge is -2.24. The monoisotopic (exact) mass is 258 g/mol. The summed E-state index contributed by atoms with van der Waals surface area (Å²) in [6, 6.07) is 4.29. The van der Waals surface area contributed by atoms with Gasteiger partial charge in [-0.1, -0.05) is 0 Å². The van der Waals surface area contributed by atoms with Crippen LogP contribution < -0.4 is 4.90 Å². The molecule has 1 aliphatic rings. The number of rotatable bonds is 4. The van der Waals surface area contributed by atoms with Gasteiger partial charge >= 0.3 is 0 Å². The highest BCUT2D eigenvalue weighted by molar-refractivity contribution is 5.61. The van der Waals surface area contributed by atoms with Gasteiger partial charge in [0.25, 0.3) is 0 Å². The summed E-state index contributed by atoms with van der Waals surface area (Å²) in [6.07, 6.45) is 2.64. The number of likely N-dealkylation sites (N-methyl/N-ethyl adjacent to an activating group) is 1. The van der Waals surface area contributed by atoms with E-state index in [4.69, 9.17) is 0 Å². The summed E-state index contributed by atoms with van der Waals surface area (Å²) in [5.74, 6) is 0. The maximum Gasteiger partial charge on any atom is 0.103 e. The number of pyridine rings is 1. The van der Waals surface area contributed by atoms with Crippen LogP contribution in [0, 0.1) is 25.2 Å². The summed E-state index contributed by atoms with van der Waals surface area (Å²) in [6.45, 7) is 8.34. The van der Waals surface area contributed by atoms with Crippen molar-refractivity contribution in [1.29, 1.82) is 5.26 Å². The van der Waals surface area contributed by atoms with E-state index in [2.05, 4.69) is 27.9 Å². The normalized spacial score (nSPS) is 15.5. The van der Waals surface area contributed by atoms with Crippen LogP contribution in [-0.4, -0.2) is 43.1 Å². The number of aryl methyl sites for hydroxylation is 2. The van der Waals surface area contributed by atoms with Gasteiger partial charge in [-0.3, -0.25) is 4.98 Å². The van der Waals surface area contributed by atoms with Crippen LogP contribution in [-0.2, 0) is 0 Å². The Bertz CT molecular complexity index is 484. The van der Waals surface area contributed by atoms with E-state index in [0.717, 1.165) is 30.2 Å². The molecule has 0 bridgehead atoms. The van der Waals surface area contributed by atoms with E-state index < -0.39 is 0 Å². The van der Waals surface area contributed by atoms with Crippen LogP contribution >= 0.6 is 0 Å². The van der Waals surface area contributed by atoms with Gasteiger partial charge in [0, 0.05) is 25.8 Å². The molecule has 0 amide bonds. The molecule has 2 rings (SSSR count). The van der Waals surface area contributed by atoms with Gasteiger partial charge in [0.05, 0.1) is 16.9 Å². The van der Waals surface area contributed by atoms with Crippen molar-refractivity contribution < 1.29 is 0 Å². The van der Waals surface area contributed by atoms with E-state index in [-0.39, 0.29) is 0 Å². The van der Waals surface area contributed by atoms with E-state index >= 15 is 0 Å². The van der Waals surface area contributed by atoms with Gasteiger partial charge in [0.15, 0.2) is 0 Å². The standard InChI is InChI=1S/C15H22N4/c1-12-10-15(14(11-16)13(2)17-12)18(3)8-9-19-6-4-5-7-19/h10H,4-9H2,1-3H3. The average molecular weight is 258 g/mol. The fourth-order valence-corrected chi connectivity index (χ4v) is 2.67. The molecule has 4 nitrogen and oxygen atoms in total. The lowest BCUT2D eigenvalue weighted by Crippen LogP contribution is -2.31. The number of hydrogen-bond donors (Lipinski definition) is 0. The predicted molar refractivity (Wildman–Crippen MR) is 77.4 cm³/mol. The molecule has 1 fully saturated rings. The van der Waals surface area contributed by atoms with Gasteiger partial charge < -0.3 is 9.80 Å². The Morgan fingerprint density at radius 2 is 2.05 bits per heavy atom. The van der Waals surface area contributed by atoms with Gasteiger partial charge in [-0.2, -0.15) is 5.26 Å². The summed E-state index contributed by atoms with van der Waals surface area (Å²) in [5.41, 5.74) is 3.51. The molecule has 0 saturated carbocycles. The van der Waals surface area contributed by atoms with Crippen molar-refractivity contribution in [3.8, 4) is 6.07 Å². The van der Waals surface area contributed by atoms with Crippen molar-refractivity contribution in [2.45, 2.75) is 26.7 Å². The zero-order chi connectivity index (χ0) is 13.8. The topological polar surface area (TPSA) is 43.2 Å². The van der Waals surface area contributed by atoms with Crippen LogP contribution in [0.3, 0.4) is 0 Å². The average Bonchev–Trinajstić information content (AvgIpc) is 2.88. The molecule has 4 heteroatoms. The number of nitriles is 1. The third kappa shape index (κ3) is 3.24. The molecule has 0 radical (unpaired) electrons. The van der Waals surface area contributed by atoms with Crippen molar-refractivity contribution in [3.05, 3.63) is 23.0 Å². The minimum atomic E-state index is 0.703. The van der Waals surface area contributed by atoms with Crippen molar-refractivity contribution in [2.75, 3.05) is 38.1 Å². The van der Waals surface area contributed by atoms with E-state index in [0.29, 0.717) is 5.56 Å². The van der Waals surface area contributed by atoms with E-state index in [1.807, 2.05) is 19.9 Å². The maximum atomic E-state index is 9.29. The highest BCUT2D eigenvalue weighted by Gasteiger charge is 2.15. The van der Waals surface area contributed by atoms with Crippen molar-refractivity contribution in [2.24, 2.45) is 0 Å². The van der Waals surface area contributed by atoms with Crippen LogP contribution in [0.2, 0.25) is 0 Å². The Morgan fingerprint density at radius 1 is 1.37 bits per heavy atom. The van der Waals surface area contributed by atoms with Gasteiger partial charge in [-0.25, -0.2) is 0 Å². The summed E-state index contributed by atoms with van der Waals surface area (Å²) in [5, 5.41) is 9.29. The number of likely N-dealkylation sites (tertiary alicyclic amines) is 1. The van der Waals surface area contributed by atoms with Gasteiger partial charge in [-0.15, -0.1) is 0 Å². The molecule has 0 spiro atoms. The van der Waals surface area contributed by atoms with Crippen LogP contribution in [0.4, 0.5) is 5.69 Å². The molecule has 2 heterocycles. The highest BCUT2D eigenvalue weighted by Crippen LogP contribution is 2.22. The van der Waals surface area contributed by atoms with Crippen molar-refractivity contribution >= 4 is 5.69 Å². The van der Waals surface area contributed by atoms with Crippen LogP contribution in [0.15, 0.2) is 6.07 Å². The quantitative estimate of drug-likeness (QED) is 0.829. The smallest absolute Gasteiger partial charge is 0.103 e. The second-order valence-electron chi connectivity index (χ2n) is 5.33. The van der Waals surface area contributed by atoms with Crippen molar-refractivity contribution in [3.63, 3.8) is 0 Å². The second-order valence-corrected chi connectivity index (χ2v) is 5.33. The van der Waals surface area contributed by atoms with E-state index in [1.165, 1.54) is 25.9 Å². The molecular weight excluding hydrogens is 236 g/mol. The SMILES string of the molecule is Cc1cc(N(C)CCN2CCCC2)c(C#N)c(C)n1. The van der Waals surface area contributed by atoms with E-state index in [1.54, 1.807) is 0 Å². The number of hydrogen-bond acceptors (Lipinski definition) is 4. The Balaban J connectivity index is 2.09. The number of nitrogens with zero attached hydrogens (tertiary/aromatic N) is 4. The van der Waals surface area contributed by atoms with Crippen LogP contribution in [0.1, 0.15) is 29.8 Å². The first-order chi connectivity index (χ1) is 9.11. The molecule has 0 N–H and O–H groups in total. The third-order valence-corrected chi connectivity index (χ3v) is 3.78. The molecule has 1 aliphatic heterocycles. The number of anilines is 1. The Labute approximate surface area is 115 Å². The van der Waals surface area contributed by atoms with Crippen LogP contribution in [0.5, 0.6) is 0 Å². The number of aromatic nitrogens is 1. The van der Waals surface area contributed by atoms with Crippen LogP contribution in [0.25, 0.3) is 0 Å². The third-order valence-electron chi connectivity index (χ3n) is 3.78. The second kappa shape index (κ2) is 6.03. The van der Waals surface area contributed by atoms with Gasteiger partial charge in [-0.05, 0) is 45.8 Å². The fourth-order valence-electron chi connectivity index (χ4n) is 2.67. The first-order valence-electron chi connectivity index (χ1n) is 6.93. The molecule has 0 atom stereocenters. The van der Waals surface area contributed by atoms with Gasteiger partial charge in [0.2, 0.25) is 0 Å². The molecule has 0 aliphatic carbocycles. The summed E-state index contributed by atoms with van der Waals surface area (Å²) in [4.78, 5) is 9.03.